The highest BCUT2D eigenvalue weighted by molar-refractivity contribution is 7.38. The smallest absolute Gasteiger partial charge is 0.350 e. The van der Waals surface area contributed by atoms with E-state index in [9.17, 15) is 9.18 Å². The molecule has 248 valence electrons. The molecular formula is C35H40ClFN5O4P. The number of aromatic nitrogens is 3. The minimum absolute atomic E-state index is 0.0634. The maximum atomic E-state index is 14.3. The zero-order valence-electron chi connectivity index (χ0n) is 26.9. The summed E-state index contributed by atoms with van der Waals surface area (Å²) >= 11 is 6.11. The van der Waals surface area contributed by atoms with E-state index in [4.69, 9.17) is 25.8 Å². The minimum Gasteiger partial charge on any atom is -0.491 e. The van der Waals surface area contributed by atoms with Gasteiger partial charge < -0.3 is 24.0 Å². The lowest BCUT2D eigenvalue weighted by Gasteiger charge is -2.37. The van der Waals surface area contributed by atoms with Crippen LogP contribution in [0, 0.1) is 0 Å². The van der Waals surface area contributed by atoms with Gasteiger partial charge in [0.1, 0.15) is 30.6 Å². The second kappa shape index (κ2) is 14.2. The second-order valence-corrected chi connectivity index (χ2v) is 13.4. The number of rotatable bonds is 11. The molecule has 4 aromatic rings. The number of nitrogens with zero attached hydrogens (tertiary/aromatic N) is 5. The van der Waals surface area contributed by atoms with Crippen molar-refractivity contribution in [2.45, 2.75) is 37.9 Å². The SMILES string of the molecule is C=C(F)c1cc(Cl)ccc1[C@@]1(PC)OC[C@H](COc2ccc(N3CCN(c4ccc(-n5cnn(C(C)CC)c5=O)cc4)CC3)cc2)O1. The first-order chi connectivity index (χ1) is 22.7. The first-order valence-corrected chi connectivity index (χ1v) is 17.7. The molecule has 0 bridgehead atoms. The Bertz CT molecular complexity index is 1760. The van der Waals surface area contributed by atoms with Gasteiger partial charge in [-0.3, -0.25) is 0 Å². The molecule has 6 rings (SSSR count). The van der Waals surface area contributed by atoms with Crippen LogP contribution in [-0.4, -0.2) is 66.5 Å². The summed E-state index contributed by atoms with van der Waals surface area (Å²) in [7, 11) is 0.208. The second-order valence-electron chi connectivity index (χ2n) is 11.8. The van der Waals surface area contributed by atoms with Crippen LogP contribution in [0.15, 0.2) is 84.4 Å². The lowest BCUT2D eigenvalue weighted by molar-refractivity contribution is -0.104. The molecule has 2 aliphatic heterocycles. The van der Waals surface area contributed by atoms with E-state index in [0.29, 0.717) is 29.4 Å². The molecule has 2 saturated heterocycles. The highest BCUT2D eigenvalue weighted by atomic mass is 35.5. The molecule has 1 aromatic heterocycles. The van der Waals surface area contributed by atoms with Gasteiger partial charge in [0.15, 0.2) is 0 Å². The molecule has 47 heavy (non-hydrogen) atoms. The summed E-state index contributed by atoms with van der Waals surface area (Å²) < 4.78 is 35.9. The fourth-order valence-corrected chi connectivity index (χ4v) is 7.16. The van der Waals surface area contributed by atoms with Gasteiger partial charge in [-0.25, -0.2) is 18.4 Å². The van der Waals surface area contributed by atoms with E-state index in [-0.39, 0.29) is 26.4 Å². The Hall–Kier alpha value is -3.69. The average Bonchev–Trinajstić information content (AvgIpc) is 3.71. The first kappa shape index (κ1) is 33.2. The van der Waals surface area contributed by atoms with Crippen LogP contribution in [0.4, 0.5) is 15.8 Å². The Morgan fingerprint density at radius 3 is 2.28 bits per heavy atom. The number of benzene rings is 3. The van der Waals surface area contributed by atoms with Crippen molar-refractivity contribution in [2.24, 2.45) is 0 Å². The molecule has 9 nitrogen and oxygen atoms in total. The van der Waals surface area contributed by atoms with Crippen LogP contribution in [0.5, 0.6) is 5.75 Å². The van der Waals surface area contributed by atoms with Gasteiger partial charge in [0.2, 0.25) is 5.53 Å². The van der Waals surface area contributed by atoms with Gasteiger partial charge in [-0.05, 0) is 80.7 Å². The predicted molar refractivity (Wildman–Crippen MR) is 188 cm³/mol. The van der Waals surface area contributed by atoms with E-state index in [1.54, 1.807) is 29.1 Å². The minimum atomic E-state index is -1.06. The molecule has 0 aliphatic carbocycles. The number of hydrogen-bond acceptors (Lipinski definition) is 7. The summed E-state index contributed by atoms with van der Waals surface area (Å²) in [6.45, 7) is 13.6. The van der Waals surface area contributed by atoms with Crippen molar-refractivity contribution >= 4 is 37.4 Å². The molecule has 0 N–H and O–H groups in total. The van der Waals surface area contributed by atoms with Crippen LogP contribution in [-0.2, 0) is 15.0 Å². The van der Waals surface area contributed by atoms with E-state index >= 15 is 0 Å². The quantitative estimate of drug-likeness (QED) is 0.161. The third kappa shape index (κ3) is 6.97. The van der Waals surface area contributed by atoms with E-state index < -0.39 is 11.4 Å². The number of piperazine rings is 1. The third-order valence-electron chi connectivity index (χ3n) is 8.88. The molecule has 0 spiro atoms. The summed E-state index contributed by atoms with van der Waals surface area (Å²) in [4.78, 5) is 17.5. The van der Waals surface area contributed by atoms with Crippen molar-refractivity contribution in [1.82, 2.24) is 14.3 Å². The van der Waals surface area contributed by atoms with Gasteiger partial charge in [0.05, 0.1) is 18.3 Å². The van der Waals surface area contributed by atoms with Crippen LogP contribution in [0.3, 0.4) is 0 Å². The molecule has 3 heterocycles. The molecule has 2 unspecified atom stereocenters. The van der Waals surface area contributed by atoms with Crippen molar-refractivity contribution < 1.29 is 18.6 Å². The summed E-state index contributed by atoms with van der Waals surface area (Å²) in [5, 5.41) is 4.71. The molecular weight excluding hydrogens is 640 g/mol. The van der Waals surface area contributed by atoms with Crippen molar-refractivity contribution in [3.05, 3.63) is 106 Å². The topological polar surface area (TPSA) is 74.0 Å². The van der Waals surface area contributed by atoms with Gasteiger partial charge in [0.25, 0.3) is 0 Å². The lowest BCUT2D eigenvalue weighted by Crippen LogP contribution is -2.46. The summed E-state index contributed by atoms with van der Waals surface area (Å²) in [6, 6.07) is 21.3. The molecule has 0 amide bonds. The maximum Gasteiger partial charge on any atom is 0.350 e. The van der Waals surface area contributed by atoms with Gasteiger partial charge in [-0.2, -0.15) is 5.10 Å². The lowest BCUT2D eigenvalue weighted by atomic mass is 10.1. The normalized spacial score (nSPS) is 20.7. The maximum absolute atomic E-state index is 14.3. The molecule has 2 aliphatic rings. The zero-order valence-corrected chi connectivity index (χ0v) is 28.6. The average molecular weight is 680 g/mol. The summed E-state index contributed by atoms with van der Waals surface area (Å²) in [5.41, 5.74) is 2.78. The van der Waals surface area contributed by atoms with Gasteiger partial charge >= 0.3 is 5.69 Å². The summed E-state index contributed by atoms with van der Waals surface area (Å²) in [5.74, 6) is 0.161. The predicted octanol–water partition coefficient (Wildman–Crippen LogP) is 6.84. The van der Waals surface area contributed by atoms with Gasteiger partial charge in [-0.1, -0.05) is 39.8 Å². The third-order valence-corrected chi connectivity index (χ3v) is 10.3. The number of anilines is 2. The van der Waals surface area contributed by atoms with Crippen LogP contribution >= 0.6 is 20.2 Å². The number of halogens is 2. The standard InChI is InChI=1S/C35H40ClFN5O4P/c1-5-24(2)42-34(43)41(23-38-42)29-9-7-27(8-10-29)39-16-18-40(19-17-39)28-11-13-30(14-12-28)44-21-31-22-45-35(46-31,47-4)33-15-6-26(36)20-32(33)25(3)37/h6-15,20,23-24,31,47H,3,5,16-19,21-22H2,1-2,4H3/t24?,31-,35+/m0/s1. The molecule has 4 atom stereocenters. The van der Waals surface area contributed by atoms with Crippen molar-refractivity contribution in [1.29, 1.82) is 0 Å². The molecule has 12 heteroatoms. The van der Waals surface area contributed by atoms with Crippen LogP contribution in [0.25, 0.3) is 11.5 Å². The number of ether oxygens (including phenoxy) is 3. The van der Waals surface area contributed by atoms with Crippen molar-refractivity contribution in [3.8, 4) is 11.4 Å². The monoisotopic (exact) mass is 679 g/mol. The molecule has 3 aromatic carbocycles. The molecule has 0 radical (unpaired) electrons. The first-order valence-electron chi connectivity index (χ1n) is 15.9. The Kier molecular flexibility index (Phi) is 10.0. The van der Waals surface area contributed by atoms with Crippen LogP contribution < -0.4 is 20.2 Å². The van der Waals surface area contributed by atoms with Crippen LogP contribution in [0.1, 0.15) is 37.4 Å². The van der Waals surface area contributed by atoms with Crippen LogP contribution in [0.2, 0.25) is 5.02 Å². The van der Waals surface area contributed by atoms with Crippen molar-refractivity contribution in [3.63, 3.8) is 0 Å². The Morgan fingerprint density at radius 1 is 1.06 bits per heavy atom. The van der Waals surface area contributed by atoms with E-state index in [1.807, 2.05) is 44.8 Å². The largest absolute Gasteiger partial charge is 0.491 e. The Balaban J connectivity index is 1.01. The highest BCUT2D eigenvalue weighted by Gasteiger charge is 2.44. The van der Waals surface area contributed by atoms with Crippen molar-refractivity contribution in [2.75, 3.05) is 55.9 Å². The Labute approximate surface area is 281 Å². The number of hydrogen-bond donors (Lipinski definition) is 0. The van der Waals surface area contributed by atoms with E-state index in [2.05, 4.69) is 45.7 Å². The summed E-state index contributed by atoms with van der Waals surface area (Å²) in [6.07, 6.45) is 2.13. The highest BCUT2D eigenvalue weighted by Crippen LogP contribution is 2.49. The van der Waals surface area contributed by atoms with E-state index in [0.717, 1.165) is 55.4 Å². The van der Waals surface area contributed by atoms with Gasteiger partial charge in [-0.15, -0.1) is 0 Å². The zero-order chi connectivity index (χ0) is 33.1. The van der Waals surface area contributed by atoms with Gasteiger partial charge in [0, 0.05) is 53.7 Å². The molecule has 2 fully saturated rings. The Morgan fingerprint density at radius 2 is 1.68 bits per heavy atom. The molecule has 0 saturated carbocycles. The van der Waals surface area contributed by atoms with E-state index in [1.165, 1.54) is 4.68 Å². The fourth-order valence-electron chi connectivity index (χ4n) is 5.99. The fraction of sp³-hybridized carbons (Fsp3) is 0.371.